The molecular formula is C14H28N2O3S. The largest absolute Gasteiger partial charge is 0.395 e. The zero-order valence-corrected chi connectivity index (χ0v) is 13.8. The number of rotatable bonds is 5. The fourth-order valence-electron chi connectivity index (χ4n) is 3.59. The van der Waals surface area contributed by atoms with Crippen LogP contribution in [0.15, 0.2) is 0 Å². The smallest absolute Gasteiger partial charge is 0.279 e. The topological polar surface area (TPSA) is 69.6 Å². The molecule has 0 aromatic rings. The second-order valence-corrected chi connectivity index (χ2v) is 9.00. The van der Waals surface area contributed by atoms with E-state index in [1.165, 1.54) is 4.31 Å². The summed E-state index contributed by atoms with van der Waals surface area (Å²) in [6.45, 7) is 9.63. The van der Waals surface area contributed by atoms with E-state index >= 15 is 0 Å². The third-order valence-electron chi connectivity index (χ3n) is 5.88. The molecule has 1 atom stereocenters. The number of aliphatic hydroxyl groups excluding tert-OH is 1. The lowest BCUT2D eigenvalue weighted by Crippen LogP contribution is -2.50. The maximum Gasteiger partial charge on any atom is 0.279 e. The minimum absolute atomic E-state index is 0.0959. The van der Waals surface area contributed by atoms with Crippen LogP contribution in [0.1, 0.15) is 47.0 Å². The van der Waals surface area contributed by atoms with Gasteiger partial charge in [-0.05, 0) is 29.6 Å². The Kier molecular flexibility index (Phi) is 4.24. The van der Waals surface area contributed by atoms with Gasteiger partial charge in [-0.2, -0.15) is 12.7 Å². The first-order valence-corrected chi connectivity index (χ1v) is 8.96. The molecule has 20 heavy (non-hydrogen) atoms. The lowest BCUT2D eigenvalue weighted by atomic mass is 10.0. The molecular weight excluding hydrogens is 276 g/mol. The van der Waals surface area contributed by atoms with E-state index in [2.05, 4.69) is 32.4 Å². The van der Waals surface area contributed by atoms with E-state index in [-0.39, 0.29) is 23.5 Å². The highest BCUT2D eigenvalue weighted by atomic mass is 32.2. The Labute approximate surface area is 122 Å². The molecule has 1 aliphatic carbocycles. The van der Waals surface area contributed by atoms with E-state index in [1.807, 2.05) is 0 Å². The molecule has 1 heterocycles. The first-order chi connectivity index (χ1) is 9.14. The van der Waals surface area contributed by atoms with Crippen molar-refractivity contribution < 1.29 is 13.5 Å². The molecule has 5 nitrogen and oxygen atoms in total. The monoisotopic (exact) mass is 304 g/mol. The van der Waals surface area contributed by atoms with Crippen LogP contribution in [0, 0.1) is 16.7 Å². The number of hydrogen-bond acceptors (Lipinski definition) is 3. The SMILES string of the molecule is CC1(C)C(CNS(=O)(=O)N2CCCCC2CO)C1(C)C. The molecule has 1 unspecified atom stereocenters. The summed E-state index contributed by atoms with van der Waals surface area (Å²) in [6, 6.07) is -0.263. The van der Waals surface area contributed by atoms with Gasteiger partial charge in [0.25, 0.3) is 10.2 Å². The molecule has 6 heteroatoms. The van der Waals surface area contributed by atoms with Gasteiger partial charge < -0.3 is 5.11 Å². The predicted molar refractivity (Wildman–Crippen MR) is 79.4 cm³/mol. The number of piperidine rings is 1. The van der Waals surface area contributed by atoms with Crippen LogP contribution < -0.4 is 4.72 Å². The van der Waals surface area contributed by atoms with E-state index in [0.29, 0.717) is 19.0 Å². The Balaban J connectivity index is 1.98. The van der Waals surface area contributed by atoms with Gasteiger partial charge >= 0.3 is 0 Å². The van der Waals surface area contributed by atoms with Crippen molar-refractivity contribution in [3.63, 3.8) is 0 Å². The lowest BCUT2D eigenvalue weighted by molar-refractivity contribution is 0.154. The van der Waals surface area contributed by atoms with Crippen LogP contribution in [0.4, 0.5) is 0 Å². The standard InChI is InChI=1S/C14H28N2O3S/c1-13(2)12(14(13,3)4)9-15-20(18,19)16-8-6-5-7-11(16)10-17/h11-12,15,17H,5-10H2,1-4H3. The normalized spacial score (nSPS) is 30.4. The first-order valence-electron chi connectivity index (χ1n) is 7.52. The van der Waals surface area contributed by atoms with Gasteiger partial charge in [-0.3, -0.25) is 0 Å². The third kappa shape index (κ3) is 2.63. The quantitative estimate of drug-likeness (QED) is 0.805. The Morgan fingerprint density at radius 3 is 2.30 bits per heavy atom. The highest BCUT2D eigenvalue weighted by Gasteiger charge is 2.64. The van der Waals surface area contributed by atoms with Crippen molar-refractivity contribution in [2.45, 2.75) is 53.0 Å². The van der Waals surface area contributed by atoms with Crippen LogP contribution in [0.5, 0.6) is 0 Å². The molecule has 0 aromatic heterocycles. The van der Waals surface area contributed by atoms with Crippen molar-refractivity contribution in [3.05, 3.63) is 0 Å². The summed E-state index contributed by atoms with van der Waals surface area (Å²) < 4.78 is 29.0. The molecule has 0 spiro atoms. The van der Waals surface area contributed by atoms with Crippen molar-refractivity contribution in [1.82, 2.24) is 9.03 Å². The van der Waals surface area contributed by atoms with Crippen LogP contribution in [0.3, 0.4) is 0 Å². The van der Waals surface area contributed by atoms with E-state index in [0.717, 1.165) is 19.3 Å². The van der Waals surface area contributed by atoms with Gasteiger partial charge in [0.2, 0.25) is 0 Å². The third-order valence-corrected chi connectivity index (χ3v) is 7.51. The van der Waals surface area contributed by atoms with Gasteiger partial charge in [0.15, 0.2) is 0 Å². The fourth-order valence-corrected chi connectivity index (χ4v) is 5.07. The predicted octanol–water partition coefficient (Wildman–Crippen LogP) is 1.35. The zero-order chi connectivity index (χ0) is 15.2. The van der Waals surface area contributed by atoms with Crippen molar-refractivity contribution in [1.29, 1.82) is 0 Å². The van der Waals surface area contributed by atoms with Crippen LogP contribution in [-0.2, 0) is 10.2 Å². The Bertz CT molecular complexity index is 445. The van der Waals surface area contributed by atoms with Gasteiger partial charge in [-0.25, -0.2) is 4.72 Å². The van der Waals surface area contributed by atoms with Gasteiger partial charge in [0.05, 0.1) is 6.61 Å². The van der Waals surface area contributed by atoms with Crippen molar-refractivity contribution in [3.8, 4) is 0 Å². The van der Waals surface area contributed by atoms with E-state index in [9.17, 15) is 13.5 Å². The summed E-state index contributed by atoms with van der Waals surface area (Å²) in [5.74, 6) is 0.363. The van der Waals surface area contributed by atoms with Crippen LogP contribution >= 0.6 is 0 Å². The summed E-state index contributed by atoms with van der Waals surface area (Å²) in [7, 11) is -3.48. The zero-order valence-electron chi connectivity index (χ0n) is 13.0. The molecule has 2 N–H and O–H groups in total. The van der Waals surface area contributed by atoms with Gasteiger partial charge in [0.1, 0.15) is 0 Å². The van der Waals surface area contributed by atoms with E-state index in [1.54, 1.807) is 0 Å². The van der Waals surface area contributed by atoms with Crippen LogP contribution in [-0.4, -0.2) is 43.6 Å². The Morgan fingerprint density at radius 1 is 1.20 bits per heavy atom. The summed E-state index contributed by atoms with van der Waals surface area (Å²) >= 11 is 0. The molecule has 0 bridgehead atoms. The Morgan fingerprint density at radius 2 is 1.80 bits per heavy atom. The van der Waals surface area contributed by atoms with E-state index < -0.39 is 10.2 Å². The maximum absolute atomic E-state index is 12.4. The van der Waals surface area contributed by atoms with Gasteiger partial charge in [-0.1, -0.05) is 34.1 Å². The molecule has 0 radical (unpaired) electrons. The molecule has 2 rings (SSSR count). The highest BCUT2D eigenvalue weighted by molar-refractivity contribution is 7.87. The average molecular weight is 304 g/mol. The summed E-state index contributed by atoms with van der Waals surface area (Å²) in [4.78, 5) is 0. The fraction of sp³-hybridized carbons (Fsp3) is 1.00. The maximum atomic E-state index is 12.4. The molecule has 2 fully saturated rings. The lowest BCUT2D eigenvalue weighted by Gasteiger charge is -2.33. The molecule has 1 aliphatic heterocycles. The van der Waals surface area contributed by atoms with E-state index in [4.69, 9.17) is 0 Å². The van der Waals surface area contributed by atoms with Crippen molar-refractivity contribution in [2.75, 3.05) is 19.7 Å². The second-order valence-electron chi connectivity index (χ2n) is 7.29. The molecule has 118 valence electrons. The molecule has 1 saturated heterocycles. The summed E-state index contributed by atoms with van der Waals surface area (Å²) in [6.07, 6.45) is 2.61. The molecule has 2 aliphatic rings. The molecule has 0 aromatic carbocycles. The summed E-state index contributed by atoms with van der Waals surface area (Å²) in [5, 5.41) is 9.35. The minimum atomic E-state index is -3.48. The van der Waals surface area contributed by atoms with Crippen molar-refractivity contribution >= 4 is 10.2 Å². The number of nitrogens with zero attached hydrogens (tertiary/aromatic N) is 1. The summed E-state index contributed by atoms with van der Waals surface area (Å²) in [5.41, 5.74) is 0.349. The Hall–Kier alpha value is -0.170. The number of aliphatic hydroxyl groups is 1. The molecule has 1 saturated carbocycles. The first kappa shape index (κ1) is 16.2. The minimum Gasteiger partial charge on any atom is -0.395 e. The van der Waals surface area contributed by atoms with Crippen molar-refractivity contribution in [2.24, 2.45) is 16.7 Å². The average Bonchev–Trinajstić information content (AvgIpc) is 2.77. The second kappa shape index (κ2) is 5.23. The number of hydrogen-bond donors (Lipinski definition) is 2. The highest BCUT2D eigenvalue weighted by Crippen LogP contribution is 2.67. The van der Waals surface area contributed by atoms with Crippen LogP contribution in [0.2, 0.25) is 0 Å². The molecule has 0 amide bonds. The van der Waals surface area contributed by atoms with Crippen LogP contribution in [0.25, 0.3) is 0 Å². The number of nitrogens with one attached hydrogen (secondary N) is 1. The van der Waals surface area contributed by atoms with Gasteiger partial charge in [0, 0.05) is 19.1 Å². The van der Waals surface area contributed by atoms with Gasteiger partial charge in [-0.15, -0.1) is 0 Å².